The Morgan fingerprint density at radius 1 is 1.24 bits per heavy atom. The van der Waals surface area contributed by atoms with Gasteiger partial charge in [-0.3, -0.25) is 4.79 Å². The monoisotopic (exact) mass is 344 g/mol. The van der Waals surface area contributed by atoms with E-state index in [0.29, 0.717) is 12.5 Å². The van der Waals surface area contributed by atoms with Gasteiger partial charge >= 0.3 is 0 Å². The number of amides is 1. The van der Waals surface area contributed by atoms with E-state index in [-0.39, 0.29) is 23.3 Å². The number of primary amides is 1. The number of methoxy groups -OCH3 is 1. The number of nitrogens with zero attached hydrogens (tertiary/aromatic N) is 2. The van der Waals surface area contributed by atoms with Crippen LogP contribution >= 0.6 is 0 Å². The van der Waals surface area contributed by atoms with Crippen LogP contribution in [0.4, 0.5) is 17.5 Å². The minimum absolute atomic E-state index is 0.0822. The highest BCUT2D eigenvalue weighted by atomic mass is 16.5. The summed E-state index contributed by atoms with van der Waals surface area (Å²) in [6.07, 6.45) is 0. The molecule has 1 heterocycles. The first kappa shape index (κ1) is 18.5. The standard InChI is InChI=1S/C17H24N6O2/c1-9-5-10(2)7-12(6-9)21-15-13(14(19)24)16(25-4)23-17(22-15)20-8-11(3)18/h5-7,11H,8,18H2,1-4H3,(H2,19,24)(H2,20,21,22,23). The van der Waals surface area contributed by atoms with E-state index in [1.807, 2.05) is 32.9 Å². The molecule has 0 radical (unpaired) electrons. The molecule has 0 spiro atoms. The first-order valence-electron chi connectivity index (χ1n) is 7.90. The molecule has 0 fully saturated rings. The van der Waals surface area contributed by atoms with Crippen molar-refractivity contribution in [2.24, 2.45) is 11.5 Å². The molecule has 0 saturated heterocycles. The molecule has 2 rings (SSSR count). The fraction of sp³-hybridized carbons (Fsp3) is 0.353. The van der Waals surface area contributed by atoms with Gasteiger partial charge < -0.3 is 26.8 Å². The largest absolute Gasteiger partial charge is 0.480 e. The Kier molecular flexibility index (Phi) is 5.76. The SMILES string of the molecule is COc1nc(NCC(C)N)nc(Nc2cc(C)cc(C)c2)c1C(N)=O. The first-order chi connectivity index (χ1) is 11.8. The second-order valence-electron chi connectivity index (χ2n) is 6.00. The van der Waals surface area contributed by atoms with Crippen LogP contribution in [0.25, 0.3) is 0 Å². The Bertz CT molecular complexity index is 756. The predicted octanol–water partition coefficient (Wildman–Crippen LogP) is 1.70. The molecule has 6 N–H and O–H groups in total. The van der Waals surface area contributed by atoms with Gasteiger partial charge in [0, 0.05) is 18.3 Å². The Balaban J connectivity index is 2.47. The second kappa shape index (κ2) is 7.80. The highest BCUT2D eigenvalue weighted by molar-refractivity contribution is 6.00. The predicted molar refractivity (Wildman–Crippen MR) is 98.4 cm³/mol. The number of aryl methyl sites for hydroxylation is 2. The van der Waals surface area contributed by atoms with Crippen molar-refractivity contribution in [1.29, 1.82) is 0 Å². The van der Waals surface area contributed by atoms with Gasteiger partial charge in [-0.25, -0.2) is 0 Å². The number of carbonyl (C=O) groups excluding carboxylic acids is 1. The molecule has 1 aromatic carbocycles. The smallest absolute Gasteiger partial charge is 0.258 e. The zero-order valence-corrected chi connectivity index (χ0v) is 14.9. The van der Waals surface area contributed by atoms with E-state index in [1.54, 1.807) is 0 Å². The van der Waals surface area contributed by atoms with E-state index >= 15 is 0 Å². The van der Waals surface area contributed by atoms with Gasteiger partial charge in [0.05, 0.1) is 7.11 Å². The van der Waals surface area contributed by atoms with E-state index in [9.17, 15) is 4.79 Å². The molecule has 0 bridgehead atoms. The van der Waals surface area contributed by atoms with Crippen molar-refractivity contribution >= 4 is 23.4 Å². The lowest BCUT2D eigenvalue weighted by molar-refractivity contribution is 0.0997. The molecule has 134 valence electrons. The number of aromatic nitrogens is 2. The number of ether oxygens (including phenoxy) is 1. The van der Waals surface area contributed by atoms with Gasteiger partial charge in [-0.05, 0) is 44.0 Å². The lowest BCUT2D eigenvalue weighted by Crippen LogP contribution is -2.26. The molecule has 25 heavy (non-hydrogen) atoms. The van der Waals surface area contributed by atoms with Gasteiger partial charge in [-0.1, -0.05) is 6.07 Å². The molecule has 2 aromatic rings. The maximum atomic E-state index is 11.9. The van der Waals surface area contributed by atoms with Crippen LogP contribution in [-0.4, -0.2) is 35.6 Å². The number of hydrogen-bond acceptors (Lipinski definition) is 7. The number of rotatable bonds is 7. The number of hydrogen-bond donors (Lipinski definition) is 4. The third-order valence-electron chi connectivity index (χ3n) is 3.38. The summed E-state index contributed by atoms with van der Waals surface area (Å²) in [7, 11) is 1.42. The minimum Gasteiger partial charge on any atom is -0.480 e. The quantitative estimate of drug-likeness (QED) is 0.602. The van der Waals surface area contributed by atoms with Crippen LogP contribution in [0, 0.1) is 13.8 Å². The normalized spacial score (nSPS) is 11.7. The van der Waals surface area contributed by atoms with Crippen molar-refractivity contribution < 1.29 is 9.53 Å². The zero-order valence-electron chi connectivity index (χ0n) is 14.9. The maximum absolute atomic E-state index is 11.9. The van der Waals surface area contributed by atoms with Crippen molar-refractivity contribution in [3.8, 4) is 5.88 Å². The minimum atomic E-state index is -0.678. The third kappa shape index (κ3) is 4.80. The van der Waals surface area contributed by atoms with Gasteiger partial charge in [-0.15, -0.1) is 0 Å². The summed E-state index contributed by atoms with van der Waals surface area (Å²) >= 11 is 0. The van der Waals surface area contributed by atoms with E-state index in [0.717, 1.165) is 16.8 Å². The summed E-state index contributed by atoms with van der Waals surface area (Å²) in [4.78, 5) is 20.4. The van der Waals surface area contributed by atoms with Gasteiger partial charge in [0.2, 0.25) is 11.8 Å². The summed E-state index contributed by atoms with van der Waals surface area (Å²) in [6, 6.07) is 5.86. The third-order valence-corrected chi connectivity index (χ3v) is 3.38. The molecule has 0 aliphatic rings. The fourth-order valence-corrected chi connectivity index (χ4v) is 2.42. The summed E-state index contributed by atoms with van der Waals surface area (Å²) in [5, 5.41) is 6.15. The molecule has 1 aromatic heterocycles. The van der Waals surface area contributed by atoms with Crippen LogP contribution in [0.3, 0.4) is 0 Å². The summed E-state index contributed by atoms with van der Waals surface area (Å²) in [6.45, 7) is 6.31. The maximum Gasteiger partial charge on any atom is 0.258 e. The van der Waals surface area contributed by atoms with E-state index in [1.165, 1.54) is 7.11 Å². The van der Waals surface area contributed by atoms with E-state index < -0.39 is 5.91 Å². The molecule has 8 heteroatoms. The van der Waals surface area contributed by atoms with Gasteiger partial charge in [0.25, 0.3) is 5.91 Å². The van der Waals surface area contributed by atoms with Crippen molar-refractivity contribution in [3.05, 3.63) is 34.9 Å². The summed E-state index contributed by atoms with van der Waals surface area (Å²) in [5.74, 6) is -0.00781. The average molecular weight is 344 g/mol. The fourth-order valence-electron chi connectivity index (χ4n) is 2.42. The van der Waals surface area contributed by atoms with Gasteiger partial charge in [0.15, 0.2) is 5.82 Å². The second-order valence-corrected chi connectivity index (χ2v) is 6.00. The molecule has 0 aliphatic carbocycles. The van der Waals surface area contributed by atoms with E-state index in [2.05, 4.69) is 26.7 Å². The molecular weight excluding hydrogens is 320 g/mol. The molecule has 1 unspecified atom stereocenters. The Morgan fingerprint density at radius 3 is 2.40 bits per heavy atom. The van der Waals surface area contributed by atoms with Gasteiger partial charge in [0.1, 0.15) is 5.56 Å². The highest BCUT2D eigenvalue weighted by Gasteiger charge is 2.20. The van der Waals surface area contributed by atoms with Crippen molar-refractivity contribution in [1.82, 2.24) is 9.97 Å². The number of carbonyl (C=O) groups is 1. The lowest BCUT2D eigenvalue weighted by Gasteiger charge is -2.15. The highest BCUT2D eigenvalue weighted by Crippen LogP contribution is 2.28. The Morgan fingerprint density at radius 2 is 1.88 bits per heavy atom. The number of nitrogens with one attached hydrogen (secondary N) is 2. The van der Waals surface area contributed by atoms with Gasteiger partial charge in [-0.2, -0.15) is 9.97 Å². The van der Waals surface area contributed by atoms with Crippen LogP contribution in [-0.2, 0) is 0 Å². The van der Waals surface area contributed by atoms with Crippen LogP contribution in [0.2, 0.25) is 0 Å². The number of anilines is 3. The summed E-state index contributed by atoms with van der Waals surface area (Å²) < 4.78 is 5.22. The van der Waals surface area contributed by atoms with Crippen LogP contribution in [0.1, 0.15) is 28.4 Å². The number of nitrogens with two attached hydrogens (primary N) is 2. The number of benzene rings is 1. The first-order valence-corrected chi connectivity index (χ1v) is 7.90. The average Bonchev–Trinajstić information content (AvgIpc) is 2.50. The van der Waals surface area contributed by atoms with Crippen LogP contribution in [0.15, 0.2) is 18.2 Å². The van der Waals surface area contributed by atoms with Crippen LogP contribution < -0.4 is 26.8 Å². The zero-order chi connectivity index (χ0) is 18.6. The molecule has 1 atom stereocenters. The Hall–Kier alpha value is -2.87. The summed E-state index contributed by atoms with van der Waals surface area (Å²) in [5.41, 5.74) is 14.3. The molecule has 8 nitrogen and oxygen atoms in total. The molecule has 1 amide bonds. The molecule has 0 saturated carbocycles. The Labute approximate surface area is 147 Å². The van der Waals surface area contributed by atoms with Crippen molar-refractivity contribution in [2.45, 2.75) is 26.8 Å². The molecular formula is C17H24N6O2. The lowest BCUT2D eigenvalue weighted by atomic mass is 10.1. The van der Waals surface area contributed by atoms with E-state index in [4.69, 9.17) is 16.2 Å². The van der Waals surface area contributed by atoms with Crippen molar-refractivity contribution in [2.75, 3.05) is 24.3 Å². The topological polar surface area (TPSA) is 128 Å². The van der Waals surface area contributed by atoms with Crippen LogP contribution in [0.5, 0.6) is 5.88 Å². The van der Waals surface area contributed by atoms with Crippen molar-refractivity contribution in [3.63, 3.8) is 0 Å². The molecule has 0 aliphatic heterocycles.